The van der Waals surface area contributed by atoms with Crippen LogP contribution in [0.5, 0.6) is 0 Å². The number of carbonyl (C=O) groups excluding carboxylic acids is 1. The van der Waals surface area contributed by atoms with Gasteiger partial charge in [-0.3, -0.25) is 9.69 Å². The van der Waals surface area contributed by atoms with E-state index in [-0.39, 0.29) is 11.9 Å². The van der Waals surface area contributed by atoms with Gasteiger partial charge in [0.2, 0.25) is 5.91 Å². The number of carbonyl (C=O) groups is 1. The van der Waals surface area contributed by atoms with Crippen molar-refractivity contribution in [1.29, 1.82) is 0 Å². The Kier molecular flexibility index (Phi) is 4.33. The van der Waals surface area contributed by atoms with Crippen LogP contribution in [0, 0.1) is 0 Å². The Morgan fingerprint density at radius 1 is 1.28 bits per heavy atom. The van der Waals surface area contributed by atoms with Gasteiger partial charge in [-0.05, 0) is 12.0 Å². The molecular weight excluding hydrogens is 226 g/mol. The van der Waals surface area contributed by atoms with Crippen molar-refractivity contribution < 1.29 is 4.79 Å². The predicted octanol–water partition coefficient (Wildman–Crippen LogP) is 0.678. The van der Waals surface area contributed by atoms with E-state index in [1.807, 2.05) is 25.2 Å². The van der Waals surface area contributed by atoms with E-state index in [1.54, 1.807) is 4.90 Å². The van der Waals surface area contributed by atoms with Gasteiger partial charge in [-0.15, -0.1) is 0 Å². The van der Waals surface area contributed by atoms with E-state index in [2.05, 4.69) is 17.0 Å². The number of likely N-dealkylation sites (N-methyl/N-ethyl adjacent to an activating group) is 1. The van der Waals surface area contributed by atoms with E-state index in [0.717, 1.165) is 26.1 Å². The van der Waals surface area contributed by atoms with Gasteiger partial charge in [-0.1, -0.05) is 30.3 Å². The molecule has 0 bridgehead atoms. The molecular formula is C14H21N3O. The molecule has 1 fully saturated rings. The summed E-state index contributed by atoms with van der Waals surface area (Å²) in [6.45, 7) is 2.92. The minimum atomic E-state index is -0.183. The second-order valence-electron chi connectivity index (χ2n) is 4.82. The first kappa shape index (κ1) is 13.1. The lowest BCUT2D eigenvalue weighted by atomic mass is 10.1. The highest BCUT2D eigenvalue weighted by Gasteiger charge is 2.29. The SMILES string of the molecule is CN1CCCN(Cc2ccccc2)C(CN)C1=O. The molecule has 98 valence electrons. The van der Waals surface area contributed by atoms with Gasteiger partial charge in [0.05, 0.1) is 0 Å². The molecule has 18 heavy (non-hydrogen) atoms. The number of amides is 1. The first-order valence-corrected chi connectivity index (χ1v) is 6.45. The third kappa shape index (κ3) is 2.89. The van der Waals surface area contributed by atoms with Crippen molar-refractivity contribution in [2.45, 2.75) is 19.0 Å². The standard InChI is InChI=1S/C14H21N3O/c1-16-8-5-9-17(13(10-15)14(16)18)11-12-6-3-2-4-7-12/h2-4,6-7,13H,5,8-11,15H2,1H3. The van der Waals surface area contributed by atoms with Crippen LogP contribution in [-0.2, 0) is 11.3 Å². The highest BCUT2D eigenvalue weighted by molar-refractivity contribution is 5.82. The molecule has 4 nitrogen and oxygen atoms in total. The minimum Gasteiger partial charge on any atom is -0.344 e. The maximum Gasteiger partial charge on any atom is 0.240 e. The first-order chi connectivity index (χ1) is 8.72. The van der Waals surface area contributed by atoms with Crippen LogP contribution in [0.4, 0.5) is 0 Å². The first-order valence-electron chi connectivity index (χ1n) is 6.45. The van der Waals surface area contributed by atoms with Crippen molar-refractivity contribution in [3.05, 3.63) is 35.9 Å². The summed E-state index contributed by atoms with van der Waals surface area (Å²) in [5.41, 5.74) is 7.01. The van der Waals surface area contributed by atoms with E-state index in [0.29, 0.717) is 6.54 Å². The van der Waals surface area contributed by atoms with Crippen molar-refractivity contribution in [1.82, 2.24) is 9.80 Å². The van der Waals surface area contributed by atoms with Crippen LogP contribution in [-0.4, -0.2) is 48.4 Å². The molecule has 1 unspecified atom stereocenters. The zero-order chi connectivity index (χ0) is 13.0. The average molecular weight is 247 g/mol. The molecule has 2 rings (SSSR count). The second kappa shape index (κ2) is 5.98. The maximum atomic E-state index is 12.2. The van der Waals surface area contributed by atoms with Gasteiger partial charge in [0.25, 0.3) is 0 Å². The Morgan fingerprint density at radius 2 is 2.00 bits per heavy atom. The zero-order valence-corrected chi connectivity index (χ0v) is 10.9. The van der Waals surface area contributed by atoms with Crippen LogP contribution in [0.2, 0.25) is 0 Å². The Labute approximate surface area is 108 Å². The lowest BCUT2D eigenvalue weighted by molar-refractivity contribution is -0.133. The largest absolute Gasteiger partial charge is 0.344 e. The smallest absolute Gasteiger partial charge is 0.240 e. The van der Waals surface area contributed by atoms with Crippen molar-refractivity contribution in [2.75, 3.05) is 26.7 Å². The van der Waals surface area contributed by atoms with E-state index < -0.39 is 0 Å². The van der Waals surface area contributed by atoms with Gasteiger partial charge in [0.1, 0.15) is 6.04 Å². The third-order valence-corrected chi connectivity index (χ3v) is 3.49. The molecule has 0 saturated carbocycles. The van der Waals surface area contributed by atoms with Crippen molar-refractivity contribution in [3.63, 3.8) is 0 Å². The molecule has 1 heterocycles. The number of hydrogen-bond acceptors (Lipinski definition) is 3. The van der Waals surface area contributed by atoms with Gasteiger partial charge < -0.3 is 10.6 Å². The van der Waals surface area contributed by atoms with E-state index in [9.17, 15) is 4.79 Å². The number of benzene rings is 1. The Balaban J connectivity index is 2.12. The quantitative estimate of drug-likeness (QED) is 0.854. The fourth-order valence-corrected chi connectivity index (χ4v) is 2.44. The van der Waals surface area contributed by atoms with E-state index >= 15 is 0 Å². The summed E-state index contributed by atoms with van der Waals surface area (Å²) >= 11 is 0. The second-order valence-corrected chi connectivity index (χ2v) is 4.82. The predicted molar refractivity (Wildman–Crippen MR) is 71.9 cm³/mol. The normalized spacial score (nSPS) is 22.0. The fraction of sp³-hybridized carbons (Fsp3) is 0.500. The molecule has 1 aromatic carbocycles. The van der Waals surface area contributed by atoms with Gasteiger partial charge in [0.15, 0.2) is 0 Å². The van der Waals surface area contributed by atoms with Crippen LogP contribution >= 0.6 is 0 Å². The monoisotopic (exact) mass is 247 g/mol. The average Bonchev–Trinajstić information content (AvgIpc) is 2.51. The minimum absolute atomic E-state index is 0.144. The van der Waals surface area contributed by atoms with Gasteiger partial charge in [-0.2, -0.15) is 0 Å². The molecule has 4 heteroatoms. The molecule has 1 aromatic rings. The van der Waals surface area contributed by atoms with Crippen LogP contribution < -0.4 is 5.73 Å². The summed E-state index contributed by atoms with van der Waals surface area (Å²) in [6.07, 6.45) is 1.01. The number of nitrogens with two attached hydrogens (primary N) is 1. The van der Waals surface area contributed by atoms with Gasteiger partial charge >= 0.3 is 0 Å². The Morgan fingerprint density at radius 3 is 2.67 bits per heavy atom. The molecule has 0 aliphatic carbocycles. The summed E-state index contributed by atoms with van der Waals surface area (Å²) in [5.74, 6) is 0.144. The third-order valence-electron chi connectivity index (χ3n) is 3.49. The molecule has 1 saturated heterocycles. The molecule has 0 radical (unpaired) electrons. The maximum absolute atomic E-state index is 12.2. The summed E-state index contributed by atoms with van der Waals surface area (Å²) < 4.78 is 0. The highest BCUT2D eigenvalue weighted by Crippen LogP contribution is 2.13. The number of hydrogen-bond donors (Lipinski definition) is 1. The lowest BCUT2D eigenvalue weighted by Gasteiger charge is -2.28. The molecule has 1 aliphatic rings. The lowest BCUT2D eigenvalue weighted by Crippen LogP contribution is -2.48. The van der Waals surface area contributed by atoms with E-state index in [4.69, 9.17) is 5.73 Å². The van der Waals surface area contributed by atoms with Gasteiger partial charge in [-0.25, -0.2) is 0 Å². The van der Waals surface area contributed by atoms with Crippen molar-refractivity contribution in [2.24, 2.45) is 5.73 Å². The Hall–Kier alpha value is -1.39. The Bertz CT molecular complexity index is 393. The van der Waals surface area contributed by atoms with Crippen LogP contribution in [0.25, 0.3) is 0 Å². The molecule has 1 amide bonds. The number of nitrogens with zero attached hydrogens (tertiary/aromatic N) is 2. The topological polar surface area (TPSA) is 49.6 Å². The van der Waals surface area contributed by atoms with Crippen LogP contribution in [0.15, 0.2) is 30.3 Å². The van der Waals surface area contributed by atoms with Crippen LogP contribution in [0.3, 0.4) is 0 Å². The summed E-state index contributed by atoms with van der Waals surface area (Å²) in [5, 5.41) is 0. The van der Waals surface area contributed by atoms with Gasteiger partial charge in [0, 0.05) is 33.2 Å². The number of rotatable bonds is 3. The van der Waals surface area contributed by atoms with Crippen molar-refractivity contribution >= 4 is 5.91 Å². The highest BCUT2D eigenvalue weighted by atomic mass is 16.2. The summed E-state index contributed by atoms with van der Waals surface area (Å²) in [4.78, 5) is 16.2. The van der Waals surface area contributed by atoms with Crippen LogP contribution in [0.1, 0.15) is 12.0 Å². The van der Waals surface area contributed by atoms with E-state index in [1.165, 1.54) is 5.56 Å². The summed E-state index contributed by atoms with van der Waals surface area (Å²) in [7, 11) is 1.86. The van der Waals surface area contributed by atoms with Crippen molar-refractivity contribution in [3.8, 4) is 0 Å². The fourth-order valence-electron chi connectivity index (χ4n) is 2.44. The molecule has 0 aromatic heterocycles. The molecule has 1 aliphatic heterocycles. The zero-order valence-electron chi connectivity index (χ0n) is 10.9. The molecule has 2 N–H and O–H groups in total. The molecule has 0 spiro atoms. The summed E-state index contributed by atoms with van der Waals surface area (Å²) in [6, 6.07) is 10.1. The molecule has 1 atom stereocenters.